The molecule has 5 unspecified atom stereocenters. The molecule has 0 aliphatic heterocycles. The van der Waals surface area contributed by atoms with Crippen LogP contribution in [0, 0.1) is 0 Å². The van der Waals surface area contributed by atoms with Crippen molar-refractivity contribution in [2.24, 2.45) is 11.5 Å². The Hall–Kier alpha value is -2.42. The van der Waals surface area contributed by atoms with E-state index in [1.165, 1.54) is 6.92 Å². The lowest BCUT2D eigenvalue weighted by atomic mass is 10.1. The molecule has 5 atom stereocenters. The normalized spacial score (nSPS) is 15.6. The minimum absolute atomic E-state index is 0.118. The Morgan fingerprint density at radius 1 is 0.935 bits per heavy atom. The van der Waals surface area contributed by atoms with Crippen LogP contribution in [0.4, 0.5) is 0 Å². The van der Waals surface area contributed by atoms with Gasteiger partial charge in [-0.1, -0.05) is 0 Å². The van der Waals surface area contributed by atoms with E-state index in [4.69, 9.17) is 21.7 Å². The summed E-state index contributed by atoms with van der Waals surface area (Å²) in [6.07, 6.45) is -1.01. The van der Waals surface area contributed by atoms with Gasteiger partial charge < -0.3 is 42.7 Å². The molecule has 178 valence electrons. The van der Waals surface area contributed by atoms with Gasteiger partial charge in [0.15, 0.2) is 0 Å². The zero-order chi connectivity index (χ0) is 24.1. The number of aliphatic carboxylic acids is 2. The van der Waals surface area contributed by atoms with E-state index in [-0.39, 0.29) is 12.2 Å². The Morgan fingerprint density at radius 2 is 1.52 bits per heavy atom. The zero-order valence-corrected chi connectivity index (χ0v) is 18.0. The number of hydrogen-bond donors (Lipinski definition) is 9. The van der Waals surface area contributed by atoms with Gasteiger partial charge in [-0.05, 0) is 32.7 Å². The molecule has 0 fully saturated rings. The molecule has 0 saturated carbocycles. The number of carboxylic acids is 2. The molecule has 0 aromatic carbocycles. The van der Waals surface area contributed by atoms with E-state index in [1.54, 1.807) is 0 Å². The van der Waals surface area contributed by atoms with Crippen LogP contribution in [0.5, 0.6) is 0 Å². The standard InChI is InChI=1S/C17H31N5O8S/c1-8(23)13(22-14(26)9(19)6-12(24)25)16(28)20-10(4-2-3-5-18)15(27)21-11(7-31)17(29)30/h8-11,13,23,31H,2-7,18-19H2,1H3,(H,20,28)(H,21,27)(H,22,26)(H,24,25)(H,29,30). The number of rotatable bonds is 15. The van der Waals surface area contributed by atoms with Gasteiger partial charge in [0, 0.05) is 5.75 Å². The van der Waals surface area contributed by atoms with Crippen LogP contribution in [0.15, 0.2) is 0 Å². The molecule has 0 aromatic rings. The minimum atomic E-state index is -1.53. The van der Waals surface area contributed by atoms with Crippen LogP contribution >= 0.6 is 12.6 Å². The number of thiol groups is 1. The second-order valence-corrected chi connectivity index (χ2v) is 7.22. The molecule has 0 aliphatic rings. The molecule has 10 N–H and O–H groups in total. The average molecular weight is 466 g/mol. The van der Waals surface area contributed by atoms with Gasteiger partial charge in [-0.25, -0.2) is 4.79 Å². The molecule has 0 aromatic heterocycles. The molecule has 0 saturated heterocycles. The highest BCUT2D eigenvalue weighted by Gasteiger charge is 2.32. The Kier molecular flexibility index (Phi) is 13.4. The van der Waals surface area contributed by atoms with Crippen molar-refractivity contribution in [1.29, 1.82) is 0 Å². The lowest BCUT2D eigenvalue weighted by Gasteiger charge is -2.26. The summed E-state index contributed by atoms with van der Waals surface area (Å²) in [4.78, 5) is 59.0. The highest BCUT2D eigenvalue weighted by Crippen LogP contribution is 2.05. The van der Waals surface area contributed by atoms with E-state index in [0.29, 0.717) is 19.4 Å². The van der Waals surface area contributed by atoms with Crippen LogP contribution < -0.4 is 27.4 Å². The summed E-state index contributed by atoms with van der Waals surface area (Å²) < 4.78 is 0. The van der Waals surface area contributed by atoms with Crippen LogP contribution in [0.25, 0.3) is 0 Å². The third-order valence-corrected chi connectivity index (χ3v) is 4.54. The van der Waals surface area contributed by atoms with Gasteiger partial charge in [0.05, 0.1) is 18.6 Å². The van der Waals surface area contributed by atoms with E-state index in [2.05, 4.69) is 28.6 Å². The first-order valence-electron chi connectivity index (χ1n) is 9.54. The van der Waals surface area contributed by atoms with E-state index >= 15 is 0 Å². The van der Waals surface area contributed by atoms with Gasteiger partial charge in [-0.2, -0.15) is 12.6 Å². The number of carboxylic acid groups (broad SMARTS) is 2. The van der Waals surface area contributed by atoms with E-state index in [0.717, 1.165) is 0 Å². The van der Waals surface area contributed by atoms with E-state index in [9.17, 15) is 29.1 Å². The fraction of sp³-hybridized carbons (Fsp3) is 0.706. The smallest absolute Gasteiger partial charge is 0.327 e. The number of aliphatic hydroxyl groups excluding tert-OH is 1. The molecule has 0 aliphatic carbocycles. The number of carbonyl (C=O) groups excluding carboxylic acids is 3. The third-order valence-electron chi connectivity index (χ3n) is 4.17. The van der Waals surface area contributed by atoms with Crippen molar-refractivity contribution in [3.05, 3.63) is 0 Å². The number of unbranched alkanes of at least 4 members (excludes halogenated alkanes) is 1. The first-order valence-corrected chi connectivity index (χ1v) is 10.2. The van der Waals surface area contributed by atoms with Gasteiger partial charge in [0.25, 0.3) is 0 Å². The van der Waals surface area contributed by atoms with Gasteiger partial charge in [0.2, 0.25) is 17.7 Å². The molecular formula is C17H31N5O8S. The number of amides is 3. The quantitative estimate of drug-likeness (QED) is 0.0865. The Labute approximate surface area is 184 Å². The summed E-state index contributed by atoms with van der Waals surface area (Å²) in [6, 6.07) is -5.45. The predicted molar refractivity (Wildman–Crippen MR) is 112 cm³/mol. The third kappa shape index (κ3) is 11.0. The summed E-state index contributed by atoms with van der Waals surface area (Å²) in [5.41, 5.74) is 10.9. The Bertz CT molecular complexity index is 648. The van der Waals surface area contributed by atoms with Crippen molar-refractivity contribution in [2.45, 2.75) is 62.9 Å². The van der Waals surface area contributed by atoms with Crippen molar-refractivity contribution in [3.8, 4) is 0 Å². The van der Waals surface area contributed by atoms with Crippen molar-refractivity contribution >= 4 is 42.3 Å². The lowest BCUT2D eigenvalue weighted by Crippen LogP contribution is -2.60. The largest absolute Gasteiger partial charge is 0.481 e. The minimum Gasteiger partial charge on any atom is -0.481 e. The topological polar surface area (TPSA) is 234 Å². The number of carbonyl (C=O) groups is 5. The summed E-state index contributed by atoms with van der Waals surface area (Å²) in [5, 5.41) is 34.4. The van der Waals surface area contributed by atoms with Gasteiger partial charge >= 0.3 is 11.9 Å². The van der Waals surface area contributed by atoms with Crippen molar-refractivity contribution in [3.63, 3.8) is 0 Å². The van der Waals surface area contributed by atoms with Crippen molar-refractivity contribution in [2.75, 3.05) is 12.3 Å². The first-order chi connectivity index (χ1) is 14.4. The van der Waals surface area contributed by atoms with E-state index < -0.39 is 66.4 Å². The highest BCUT2D eigenvalue weighted by atomic mass is 32.1. The SMILES string of the molecule is CC(O)C(NC(=O)C(N)CC(=O)O)C(=O)NC(CCCCN)C(=O)NC(CS)C(=O)O. The molecule has 0 spiro atoms. The fourth-order valence-electron chi connectivity index (χ4n) is 2.43. The van der Waals surface area contributed by atoms with Crippen molar-refractivity contribution in [1.82, 2.24) is 16.0 Å². The second-order valence-electron chi connectivity index (χ2n) is 6.86. The number of nitrogens with two attached hydrogens (primary N) is 2. The molecule has 13 nitrogen and oxygen atoms in total. The maximum absolute atomic E-state index is 12.6. The summed E-state index contributed by atoms with van der Waals surface area (Å²) >= 11 is 3.86. The molecule has 31 heavy (non-hydrogen) atoms. The van der Waals surface area contributed by atoms with Crippen molar-refractivity contribution < 1.29 is 39.3 Å². The second kappa shape index (κ2) is 14.6. The maximum atomic E-state index is 12.6. The average Bonchev–Trinajstić information content (AvgIpc) is 2.67. The Morgan fingerprint density at radius 3 is 1.97 bits per heavy atom. The highest BCUT2D eigenvalue weighted by molar-refractivity contribution is 7.80. The van der Waals surface area contributed by atoms with Gasteiger partial charge in [-0.3, -0.25) is 19.2 Å². The molecular weight excluding hydrogens is 434 g/mol. The van der Waals surface area contributed by atoms with E-state index in [1.807, 2.05) is 0 Å². The van der Waals surface area contributed by atoms with Crippen LogP contribution in [0.1, 0.15) is 32.6 Å². The predicted octanol–water partition coefficient (Wildman–Crippen LogP) is -3.23. The zero-order valence-electron chi connectivity index (χ0n) is 17.1. The number of aliphatic hydroxyl groups is 1. The maximum Gasteiger partial charge on any atom is 0.327 e. The summed E-state index contributed by atoms with van der Waals surface area (Å²) in [5.74, 6) is -5.51. The first kappa shape index (κ1) is 28.6. The van der Waals surface area contributed by atoms with Gasteiger partial charge in [0.1, 0.15) is 18.1 Å². The van der Waals surface area contributed by atoms with Crippen LogP contribution in [0.2, 0.25) is 0 Å². The Balaban J connectivity index is 5.34. The molecule has 0 rings (SSSR count). The summed E-state index contributed by atoms with van der Waals surface area (Å²) in [7, 11) is 0. The molecule has 0 radical (unpaired) electrons. The molecule has 14 heteroatoms. The van der Waals surface area contributed by atoms with Gasteiger partial charge in [-0.15, -0.1) is 0 Å². The fourth-order valence-corrected chi connectivity index (χ4v) is 2.67. The van der Waals surface area contributed by atoms with Crippen LogP contribution in [0.3, 0.4) is 0 Å². The molecule has 0 heterocycles. The van der Waals surface area contributed by atoms with Crippen LogP contribution in [-0.4, -0.2) is 87.5 Å². The summed E-state index contributed by atoms with van der Waals surface area (Å²) in [6.45, 7) is 1.54. The number of nitrogens with one attached hydrogen (secondary N) is 3. The molecule has 3 amide bonds. The van der Waals surface area contributed by atoms with Crippen LogP contribution in [-0.2, 0) is 24.0 Å². The molecule has 0 bridgehead atoms. The lowest BCUT2D eigenvalue weighted by molar-refractivity contribution is -0.141. The monoisotopic (exact) mass is 465 g/mol. The number of hydrogen-bond acceptors (Lipinski definition) is 9.